The summed E-state index contributed by atoms with van der Waals surface area (Å²) in [6, 6.07) is 1.91. The summed E-state index contributed by atoms with van der Waals surface area (Å²) in [6.45, 7) is 6.18. The van der Waals surface area contributed by atoms with Gasteiger partial charge in [0, 0.05) is 18.0 Å². The molecule has 2 aromatic rings. The van der Waals surface area contributed by atoms with Crippen molar-refractivity contribution in [1.82, 2.24) is 9.97 Å². The maximum absolute atomic E-state index is 11.4. The fourth-order valence-electron chi connectivity index (χ4n) is 2.08. The Hall–Kier alpha value is -1.75. The van der Waals surface area contributed by atoms with E-state index >= 15 is 0 Å². The average molecular weight is 290 g/mol. The van der Waals surface area contributed by atoms with Gasteiger partial charge in [0.2, 0.25) is 0 Å². The van der Waals surface area contributed by atoms with Crippen LogP contribution in [0.4, 0.5) is 0 Å². The maximum Gasteiger partial charge on any atom is 0.347 e. The molecule has 1 N–H and O–H groups in total. The van der Waals surface area contributed by atoms with Gasteiger partial charge in [0.15, 0.2) is 0 Å². The first-order valence-electron chi connectivity index (χ1n) is 6.69. The molecule has 5 heteroatoms. The lowest BCUT2D eigenvalue weighted by Crippen LogP contribution is -2.02. The molecule has 0 atom stereocenters. The summed E-state index contributed by atoms with van der Waals surface area (Å²) in [4.78, 5) is 20.4. The van der Waals surface area contributed by atoms with Crippen molar-refractivity contribution in [2.24, 2.45) is 5.92 Å². The molecule has 0 unspecified atom stereocenters. The quantitative estimate of drug-likeness (QED) is 0.912. The molecule has 2 heterocycles. The van der Waals surface area contributed by atoms with E-state index in [1.807, 2.05) is 12.3 Å². The lowest BCUT2D eigenvalue weighted by Gasteiger charge is -2.03. The van der Waals surface area contributed by atoms with Crippen LogP contribution < -0.4 is 0 Å². The molecule has 106 valence electrons. The highest BCUT2D eigenvalue weighted by atomic mass is 32.1. The van der Waals surface area contributed by atoms with Crippen LogP contribution in [-0.2, 0) is 12.8 Å². The molecule has 0 spiro atoms. The molecular weight excluding hydrogens is 272 g/mol. The van der Waals surface area contributed by atoms with Gasteiger partial charge in [-0.15, -0.1) is 11.3 Å². The maximum atomic E-state index is 11.4. The molecule has 0 aliphatic heterocycles. The van der Waals surface area contributed by atoms with Gasteiger partial charge in [-0.2, -0.15) is 0 Å². The first-order chi connectivity index (χ1) is 9.52. The highest BCUT2D eigenvalue weighted by Gasteiger charge is 2.19. The molecule has 0 aliphatic carbocycles. The summed E-state index contributed by atoms with van der Waals surface area (Å²) in [7, 11) is 0. The Balaban J connectivity index is 2.50. The summed E-state index contributed by atoms with van der Waals surface area (Å²) in [5.74, 6) is -0.511. The van der Waals surface area contributed by atoms with Crippen LogP contribution in [-0.4, -0.2) is 21.0 Å². The Morgan fingerprint density at radius 3 is 2.80 bits per heavy atom. The number of hydrogen-bond donors (Lipinski definition) is 1. The fourth-order valence-corrected chi connectivity index (χ4v) is 3.07. The van der Waals surface area contributed by atoms with Crippen molar-refractivity contribution >= 4 is 17.3 Å². The van der Waals surface area contributed by atoms with E-state index in [0.29, 0.717) is 22.9 Å². The Morgan fingerprint density at radius 2 is 2.20 bits per heavy atom. The monoisotopic (exact) mass is 290 g/mol. The summed E-state index contributed by atoms with van der Waals surface area (Å²) in [5.41, 5.74) is 2.77. The van der Waals surface area contributed by atoms with E-state index in [2.05, 4.69) is 30.7 Å². The Labute approximate surface area is 122 Å². The Kier molecular flexibility index (Phi) is 4.49. The number of carbonyl (C=O) groups is 1. The Morgan fingerprint density at radius 1 is 1.45 bits per heavy atom. The molecule has 0 aromatic carbocycles. The van der Waals surface area contributed by atoms with E-state index in [4.69, 9.17) is 0 Å². The zero-order valence-electron chi connectivity index (χ0n) is 11.9. The number of carboxylic acids is 1. The highest BCUT2D eigenvalue weighted by molar-refractivity contribution is 7.17. The predicted octanol–water partition coefficient (Wildman–Crippen LogP) is 3.66. The van der Waals surface area contributed by atoms with Crippen molar-refractivity contribution in [2.45, 2.75) is 33.6 Å². The largest absolute Gasteiger partial charge is 0.477 e. The third-order valence-electron chi connectivity index (χ3n) is 3.01. The first kappa shape index (κ1) is 14.7. The molecule has 0 bridgehead atoms. The van der Waals surface area contributed by atoms with E-state index in [9.17, 15) is 9.90 Å². The minimum absolute atomic E-state index is 0.354. The number of nitrogens with zero attached hydrogens (tertiary/aromatic N) is 2. The topological polar surface area (TPSA) is 63.1 Å². The molecule has 0 saturated heterocycles. The van der Waals surface area contributed by atoms with Crippen molar-refractivity contribution in [1.29, 1.82) is 0 Å². The molecule has 2 aromatic heterocycles. The van der Waals surface area contributed by atoms with E-state index in [-0.39, 0.29) is 0 Å². The number of aryl methyl sites for hydroxylation is 1. The van der Waals surface area contributed by atoms with Gasteiger partial charge in [-0.1, -0.05) is 20.8 Å². The molecule has 4 nitrogen and oxygen atoms in total. The molecule has 0 saturated carbocycles. The van der Waals surface area contributed by atoms with Crippen LogP contribution in [0.5, 0.6) is 0 Å². The van der Waals surface area contributed by atoms with Crippen molar-refractivity contribution in [2.75, 3.05) is 0 Å². The highest BCUT2D eigenvalue weighted by Crippen LogP contribution is 2.31. The summed E-state index contributed by atoms with van der Waals surface area (Å²) in [6.07, 6.45) is 5.08. The van der Waals surface area contributed by atoms with Gasteiger partial charge in [0.25, 0.3) is 0 Å². The predicted molar refractivity (Wildman–Crippen MR) is 80.2 cm³/mol. The molecule has 2 rings (SSSR count). The zero-order valence-corrected chi connectivity index (χ0v) is 12.7. The number of pyridine rings is 1. The lowest BCUT2D eigenvalue weighted by molar-refractivity contribution is 0.0700. The van der Waals surface area contributed by atoms with Gasteiger partial charge in [0.1, 0.15) is 9.88 Å². The normalized spacial score (nSPS) is 11.0. The zero-order chi connectivity index (χ0) is 14.7. The average Bonchev–Trinajstić information content (AvgIpc) is 2.81. The molecule has 20 heavy (non-hydrogen) atoms. The van der Waals surface area contributed by atoms with Gasteiger partial charge in [-0.05, 0) is 30.4 Å². The third-order valence-corrected chi connectivity index (χ3v) is 4.13. The minimum atomic E-state index is -0.892. The molecule has 0 fully saturated rings. The number of aromatic carboxylic acids is 1. The van der Waals surface area contributed by atoms with Crippen molar-refractivity contribution in [3.63, 3.8) is 0 Å². The summed E-state index contributed by atoms with van der Waals surface area (Å²) >= 11 is 1.25. The second-order valence-corrected chi connectivity index (χ2v) is 6.08. The molecular formula is C15H18N2O2S. The number of hydrogen-bond acceptors (Lipinski definition) is 4. The van der Waals surface area contributed by atoms with Crippen molar-refractivity contribution < 1.29 is 9.90 Å². The van der Waals surface area contributed by atoms with Crippen LogP contribution in [0.2, 0.25) is 0 Å². The van der Waals surface area contributed by atoms with Crippen molar-refractivity contribution in [3.05, 3.63) is 34.6 Å². The van der Waals surface area contributed by atoms with Gasteiger partial charge >= 0.3 is 5.97 Å². The summed E-state index contributed by atoms with van der Waals surface area (Å²) < 4.78 is 0. The van der Waals surface area contributed by atoms with Crippen molar-refractivity contribution in [3.8, 4) is 10.6 Å². The Bertz CT molecular complexity index is 620. The van der Waals surface area contributed by atoms with Gasteiger partial charge in [-0.25, -0.2) is 9.78 Å². The molecule has 0 radical (unpaired) electrons. The fraction of sp³-hybridized carbons (Fsp3) is 0.400. The van der Waals surface area contributed by atoms with Crippen LogP contribution in [0.1, 0.15) is 41.7 Å². The minimum Gasteiger partial charge on any atom is -0.477 e. The lowest BCUT2D eigenvalue weighted by atomic mass is 10.1. The smallest absolute Gasteiger partial charge is 0.347 e. The second-order valence-electron chi connectivity index (χ2n) is 5.08. The molecule has 0 aliphatic rings. The molecule has 0 amide bonds. The van der Waals surface area contributed by atoms with E-state index in [0.717, 1.165) is 22.6 Å². The SMILES string of the molecule is CCc1cnccc1-c1nc(CC(C)C)c(C(=O)O)s1. The number of carboxylic acid groups (broad SMARTS) is 1. The number of aromatic nitrogens is 2. The van der Waals surface area contributed by atoms with Crippen LogP contribution in [0, 0.1) is 5.92 Å². The van der Waals surface area contributed by atoms with Crippen LogP contribution in [0.15, 0.2) is 18.5 Å². The third kappa shape index (κ3) is 3.04. The van der Waals surface area contributed by atoms with Gasteiger partial charge in [0.05, 0.1) is 5.69 Å². The van der Waals surface area contributed by atoms with E-state index in [1.165, 1.54) is 11.3 Å². The van der Waals surface area contributed by atoms with E-state index in [1.54, 1.807) is 6.20 Å². The van der Waals surface area contributed by atoms with Crippen LogP contribution in [0.25, 0.3) is 10.6 Å². The van der Waals surface area contributed by atoms with Crippen LogP contribution in [0.3, 0.4) is 0 Å². The van der Waals surface area contributed by atoms with Gasteiger partial charge < -0.3 is 5.11 Å². The first-order valence-corrected chi connectivity index (χ1v) is 7.50. The number of rotatable bonds is 5. The van der Waals surface area contributed by atoms with E-state index < -0.39 is 5.97 Å². The van der Waals surface area contributed by atoms with Crippen LogP contribution >= 0.6 is 11.3 Å². The standard InChI is InChI=1S/C15H18N2O2S/c1-4-10-8-16-6-5-11(10)14-17-12(7-9(2)3)13(20-14)15(18)19/h5-6,8-9H,4,7H2,1-3H3,(H,18,19). The van der Waals surface area contributed by atoms with Gasteiger partial charge in [-0.3, -0.25) is 4.98 Å². The second kappa shape index (κ2) is 6.13. The number of thiazole rings is 1. The summed E-state index contributed by atoms with van der Waals surface area (Å²) in [5, 5.41) is 10.1.